The van der Waals surface area contributed by atoms with Crippen molar-refractivity contribution in [2.24, 2.45) is 0 Å². The third-order valence-electron chi connectivity index (χ3n) is 4.89. The third kappa shape index (κ3) is 6.41. The first-order valence-electron chi connectivity index (χ1n) is 9.76. The van der Waals surface area contributed by atoms with Crippen LogP contribution in [0, 0.1) is 13.8 Å². The zero-order valence-corrected chi connectivity index (χ0v) is 18.9. The molecular weight excluding hydrogens is 442 g/mol. The summed E-state index contributed by atoms with van der Waals surface area (Å²) in [6.45, 7) is 3.81. The number of esters is 1. The van der Waals surface area contributed by atoms with E-state index in [0.717, 1.165) is 11.1 Å². The van der Waals surface area contributed by atoms with Gasteiger partial charge in [0, 0.05) is 17.7 Å². The molecule has 0 radical (unpaired) electrons. The maximum absolute atomic E-state index is 12.0. The van der Waals surface area contributed by atoms with Gasteiger partial charge in [0.1, 0.15) is 5.15 Å². The smallest absolute Gasteiger partial charge is 0.331 e. The van der Waals surface area contributed by atoms with Crippen molar-refractivity contribution in [3.8, 4) is 0 Å². The lowest BCUT2D eigenvalue weighted by Crippen LogP contribution is -2.38. The number of benzene rings is 1. The average Bonchev–Trinajstić information content (AvgIpc) is 3.18. The van der Waals surface area contributed by atoms with Crippen molar-refractivity contribution in [3.05, 3.63) is 57.9 Å². The standard InChI is InChI=1S/C21H24ClN3O5S/c1-14-3-5-16(6-4-14)11-25-21(22)18(15(2)24-25)7-8-20(27)30-12-19(26)23-17-9-10-31(28,29)13-17/h3-8,17H,9-13H2,1-2H3,(H,23,26)/b8-7+/t17-/m1/s1. The van der Waals surface area contributed by atoms with Gasteiger partial charge < -0.3 is 10.1 Å². The first kappa shape index (κ1) is 23.0. The number of nitrogens with one attached hydrogen (secondary N) is 1. The maximum Gasteiger partial charge on any atom is 0.331 e. The second kappa shape index (κ2) is 9.65. The number of aryl methyl sites for hydroxylation is 2. The highest BCUT2D eigenvalue weighted by molar-refractivity contribution is 7.91. The molecule has 0 spiro atoms. The molecular formula is C21H24ClN3O5S. The van der Waals surface area contributed by atoms with Gasteiger partial charge in [-0.05, 0) is 31.9 Å². The SMILES string of the molecule is Cc1ccc(Cn2nc(C)c(/C=C/C(=O)OCC(=O)N[C@@H]3CCS(=O)(=O)C3)c2Cl)cc1. The lowest BCUT2D eigenvalue weighted by atomic mass is 10.1. The molecule has 1 aromatic heterocycles. The molecule has 1 amide bonds. The summed E-state index contributed by atoms with van der Waals surface area (Å²) in [5.41, 5.74) is 3.45. The number of rotatable bonds is 7. The van der Waals surface area contributed by atoms with Gasteiger partial charge in [-0.3, -0.25) is 4.79 Å². The van der Waals surface area contributed by atoms with Crippen molar-refractivity contribution >= 4 is 39.4 Å². The molecule has 0 aliphatic carbocycles. The van der Waals surface area contributed by atoms with E-state index in [1.54, 1.807) is 11.6 Å². The summed E-state index contributed by atoms with van der Waals surface area (Å²) in [5.74, 6) is -1.28. The summed E-state index contributed by atoms with van der Waals surface area (Å²) in [6, 6.07) is 7.59. The first-order valence-corrected chi connectivity index (χ1v) is 12.0. The van der Waals surface area contributed by atoms with Gasteiger partial charge in [-0.1, -0.05) is 41.4 Å². The Hall–Kier alpha value is -2.65. The third-order valence-corrected chi connectivity index (χ3v) is 7.06. The Labute approximate surface area is 186 Å². The Balaban J connectivity index is 1.53. The Kier molecular flexibility index (Phi) is 7.17. The summed E-state index contributed by atoms with van der Waals surface area (Å²) in [4.78, 5) is 23.8. The highest BCUT2D eigenvalue weighted by Crippen LogP contribution is 2.22. The van der Waals surface area contributed by atoms with Gasteiger partial charge in [0.15, 0.2) is 16.4 Å². The van der Waals surface area contributed by atoms with Crippen LogP contribution in [-0.2, 0) is 30.7 Å². The van der Waals surface area contributed by atoms with Crippen LogP contribution in [0.15, 0.2) is 30.3 Å². The Morgan fingerprint density at radius 3 is 2.65 bits per heavy atom. The zero-order chi connectivity index (χ0) is 22.6. The number of aromatic nitrogens is 2. The van der Waals surface area contributed by atoms with Gasteiger partial charge in [-0.15, -0.1) is 0 Å². The lowest BCUT2D eigenvalue weighted by molar-refractivity contribution is -0.143. The quantitative estimate of drug-likeness (QED) is 0.495. The van der Waals surface area contributed by atoms with Gasteiger partial charge in [-0.25, -0.2) is 17.9 Å². The molecule has 0 unspecified atom stereocenters. The van der Waals surface area contributed by atoms with E-state index >= 15 is 0 Å². The Morgan fingerprint density at radius 2 is 2.00 bits per heavy atom. The molecule has 1 aliphatic rings. The van der Waals surface area contributed by atoms with E-state index < -0.39 is 34.4 Å². The number of carbonyl (C=O) groups is 2. The van der Waals surface area contributed by atoms with Crippen molar-refractivity contribution in [1.82, 2.24) is 15.1 Å². The molecule has 3 rings (SSSR count). The van der Waals surface area contributed by atoms with Crippen LogP contribution in [0.2, 0.25) is 5.15 Å². The van der Waals surface area contributed by atoms with Crippen molar-refractivity contribution in [2.75, 3.05) is 18.1 Å². The molecule has 2 aromatic rings. The molecule has 0 bridgehead atoms. The van der Waals surface area contributed by atoms with Crippen LogP contribution in [-0.4, -0.2) is 54.2 Å². The fraction of sp³-hybridized carbons (Fsp3) is 0.381. The highest BCUT2D eigenvalue weighted by Gasteiger charge is 2.29. The van der Waals surface area contributed by atoms with Gasteiger partial charge >= 0.3 is 5.97 Å². The van der Waals surface area contributed by atoms with Crippen LogP contribution in [0.25, 0.3) is 6.08 Å². The molecule has 2 heterocycles. The zero-order valence-electron chi connectivity index (χ0n) is 17.3. The van der Waals surface area contributed by atoms with Crippen LogP contribution in [0.4, 0.5) is 0 Å². The van der Waals surface area contributed by atoms with Gasteiger partial charge in [0.05, 0.1) is 23.7 Å². The van der Waals surface area contributed by atoms with E-state index in [1.807, 2.05) is 31.2 Å². The number of halogens is 1. The molecule has 8 nitrogen and oxygen atoms in total. The van der Waals surface area contributed by atoms with Crippen LogP contribution in [0.5, 0.6) is 0 Å². The molecule has 1 aliphatic heterocycles. The maximum atomic E-state index is 12.0. The molecule has 31 heavy (non-hydrogen) atoms. The van der Waals surface area contributed by atoms with E-state index in [0.29, 0.717) is 29.4 Å². The minimum absolute atomic E-state index is 0.0537. The fourth-order valence-corrected chi connectivity index (χ4v) is 5.21. The first-order chi connectivity index (χ1) is 14.6. The fourth-order valence-electron chi connectivity index (χ4n) is 3.24. The number of hydrogen-bond donors (Lipinski definition) is 1. The van der Waals surface area contributed by atoms with Gasteiger partial charge in [-0.2, -0.15) is 5.10 Å². The summed E-state index contributed by atoms with van der Waals surface area (Å²) >= 11 is 6.42. The van der Waals surface area contributed by atoms with E-state index in [2.05, 4.69) is 10.4 Å². The number of amides is 1. The van der Waals surface area contributed by atoms with Crippen molar-refractivity contribution in [2.45, 2.75) is 32.9 Å². The molecule has 166 valence electrons. The van der Waals surface area contributed by atoms with Crippen molar-refractivity contribution in [3.63, 3.8) is 0 Å². The van der Waals surface area contributed by atoms with Gasteiger partial charge in [0.25, 0.3) is 5.91 Å². The molecule has 10 heteroatoms. The summed E-state index contributed by atoms with van der Waals surface area (Å²) in [6.07, 6.45) is 3.05. The summed E-state index contributed by atoms with van der Waals surface area (Å²) in [5, 5.41) is 7.37. The molecule has 1 saturated heterocycles. The van der Waals surface area contributed by atoms with E-state index in [-0.39, 0.29) is 11.5 Å². The largest absolute Gasteiger partial charge is 0.452 e. The van der Waals surface area contributed by atoms with Crippen molar-refractivity contribution < 1.29 is 22.7 Å². The molecule has 1 aromatic carbocycles. The lowest BCUT2D eigenvalue weighted by Gasteiger charge is -2.10. The van der Waals surface area contributed by atoms with Crippen molar-refractivity contribution in [1.29, 1.82) is 0 Å². The summed E-state index contributed by atoms with van der Waals surface area (Å²) < 4.78 is 29.4. The van der Waals surface area contributed by atoms with Crippen LogP contribution >= 0.6 is 11.6 Å². The normalized spacial score (nSPS) is 17.7. The van der Waals surface area contributed by atoms with Crippen LogP contribution in [0.3, 0.4) is 0 Å². The minimum Gasteiger partial charge on any atom is -0.452 e. The predicted octanol–water partition coefficient (Wildman–Crippen LogP) is 2.06. The number of sulfone groups is 1. The molecule has 1 N–H and O–H groups in total. The van der Waals surface area contributed by atoms with Crippen LogP contribution < -0.4 is 5.32 Å². The Morgan fingerprint density at radius 1 is 1.29 bits per heavy atom. The number of ether oxygens (including phenoxy) is 1. The van der Waals surface area contributed by atoms with Crippen LogP contribution in [0.1, 0.15) is 28.8 Å². The number of hydrogen-bond acceptors (Lipinski definition) is 6. The predicted molar refractivity (Wildman–Crippen MR) is 117 cm³/mol. The van der Waals surface area contributed by atoms with Gasteiger partial charge in [0.2, 0.25) is 0 Å². The minimum atomic E-state index is -3.09. The second-order valence-electron chi connectivity index (χ2n) is 7.54. The monoisotopic (exact) mass is 465 g/mol. The number of carbonyl (C=O) groups excluding carboxylic acids is 2. The Bertz CT molecular complexity index is 1110. The highest BCUT2D eigenvalue weighted by atomic mass is 35.5. The molecule has 1 fully saturated rings. The second-order valence-corrected chi connectivity index (χ2v) is 10.1. The topological polar surface area (TPSA) is 107 Å². The average molecular weight is 466 g/mol. The van der Waals surface area contributed by atoms with E-state index in [9.17, 15) is 18.0 Å². The van der Waals surface area contributed by atoms with E-state index in [4.69, 9.17) is 16.3 Å². The number of nitrogens with zero attached hydrogens (tertiary/aromatic N) is 2. The summed E-state index contributed by atoms with van der Waals surface area (Å²) in [7, 11) is -3.09. The van der Waals surface area contributed by atoms with E-state index in [1.165, 1.54) is 12.2 Å². The molecule has 1 atom stereocenters. The molecule has 0 saturated carbocycles.